The van der Waals surface area contributed by atoms with Gasteiger partial charge in [-0.1, -0.05) is 31.5 Å². The molecule has 0 spiro atoms. The maximum Gasteiger partial charge on any atom is 0.217 e. The minimum atomic E-state index is 0.0739. The third-order valence-corrected chi connectivity index (χ3v) is 3.64. The molecule has 0 aromatic heterocycles. The first-order valence-electron chi connectivity index (χ1n) is 6.76. The standard InChI is InChI=1S/C15H22N2O/c1-3-13-9-14(16-12(2)18)11-17(10-13)15-7-5-4-6-8-15/h4-8,13-14H,3,9-11H2,1-2H3,(H,16,18). The highest BCUT2D eigenvalue weighted by Crippen LogP contribution is 2.24. The molecule has 1 aliphatic heterocycles. The fraction of sp³-hybridized carbons (Fsp3) is 0.533. The second-order valence-electron chi connectivity index (χ2n) is 5.15. The van der Waals surface area contributed by atoms with E-state index >= 15 is 0 Å². The first-order valence-corrected chi connectivity index (χ1v) is 6.76. The Bertz CT molecular complexity index is 391. The molecule has 1 aromatic carbocycles. The van der Waals surface area contributed by atoms with E-state index in [9.17, 15) is 4.79 Å². The molecular weight excluding hydrogens is 224 g/mol. The van der Waals surface area contributed by atoms with Crippen LogP contribution in [-0.2, 0) is 4.79 Å². The van der Waals surface area contributed by atoms with Crippen LogP contribution in [0.25, 0.3) is 0 Å². The van der Waals surface area contributed by atoms with Gasteiger partial charge in [0.1, 0.15) is 0 Å². The van der Waals surface area contributed by atoms with Crippen LogP contribution in [0.15, 0.2) is 30.3 Å². The number of anilines is 1. The third-order valence-electron chi connectivity index (χ3n) is 3.64. The monoisotopic (exact) mass is 246 g/mol. The predicted octanol–water partition coefficient (Wildman–Crippen LogP) is 2.43. The van der Waals surface area contributed by atoms with Crippen molar-refractivity contribution in [2.24, 2.45) is 5.92 Å². The van der Waals surface area contributed by atoms with Crippen molar-refractivity contribution in [1.29, 1.82) is 0 Å². The van der Waals surface area contributed by atoms with Crippen LogP contribution < -0.4 is 10.2 Å². The molecule has 1 amide bonds. The number of hydrogen-bond acceptors (Lipinski definition) is 2. The number of piperidine rings is 1. The van der Waals surface area contributed by atoms with E-state index in [1.807, 2.05) is 6.07 Å². The number of carbonyl (C=O) groups excluding carboxylic acids is 1. The fourth-order valence-electron chi connectivity index (χ4n) is 2.74. The molecule has 2 unspecified atom stereocenters. The number of rotatable bonds is 3. The summed E-state index contributed by atoms with van der Waals surface area (Å²) in [6.45, 7) is 5.84. The normalized spacial score (nSPS) is 23.8. The van der Waals surface area contributed by atoms with Crippen LogP contribution in [0.5, 0.6) is 0 Å². The molecule has 0 aliphatic carbocycles. The van der Waals surface area contributed by atoms with E-state index in [2.05, 4.69) is 41.4 Å². The lowest BCUT2D eigenvalue weighted by Crippen LogP contribution is -2.50. The molecule has 0 bridgehead atoms. The zero-order chi connectivity index (χ0) is 13.0. The number of amides is 1. The van der Waals surface area contributed by atoms with Gasteiger partial charge in [-0.2, -0.15) is 0 Å². The summed E-state index contributed by atoms with van der Waals surface area (Å²) < 4.78 is 0. The fourth-order valence-corrected chi connectivity index (χ4v) is 2.74. The summed E-state index contributed by atoms with van der Waals surface area (Å²) in [5.74, 6) is 0.737. The summed E-state index contributed by atoms with van der Waals surface area (Å²) in [5, 5.41) is 3.07. The Kier molecular flexibility index (Phi) is 4.24. The first kappa shape index (κ1) is 12.9. The molecule has 1 aromatic rings. The van der Waals surface area contributed by atoms with Crippen LogP contribution in [0, 0.1) is 5.92 Å². The van der Waals surface area contributed by atoms with E-state index in [1.165, 1.54) is 12.1 Å². The molecule has 1 aliphatic rings. The van der Waals surface area contributed by atoms with E-state index in [0.717, 1.165) is 19.5 Å². The van der Waals surface area contributed by atoms with Crippen LogP contribution in [0.1, 0.15) is 26.7 Å². The first-order chi connectivity index (χ1) is 8.69. The molecule has 2 rings (SSSR count). The van der Waals surface area contributed by atoms with Crippen molar-refractivity contribution in [3.05, 3.63) is 30.3 Å². The summed E-state index contributed by atoms with van der Waals surface area (Å²) in [5.41, 5.74) is 1.26. The van der Waals surface area contributed by atoms with Crippen molar-refractivity contribution in [2.75, 3.05) is 18.0 Å². The van der Waals surface area contributed by atoms with Gasteiger partial charge < -0.3 is 10.2 Å². The lowest BCUT2D eigenvalue weighted by molar-refractivity contribution is -0.119. The van der Waals surface area contributed by atoms with E-state index in [-0.39, 0.29) is 11.9 Å². The van der Waals surface area contributed by atoms with Gasteiger partial charge in [0.15, 0.2) is 0 Å². The molecular formula is C15H22N2O. The van der Waals surface area contributed by atoms with Gasteiger partial charge in [-0.25, -0.2) is 0 Å². The Morgan fingerprint density at radius 3 is 2.67 bits per heavy atom. The highest BCUT2D eigenvalue weighted by atomic mass is 16.1. The van der Waals surface area contributed by atoms with Gasteiger partial charge in [0.25, 0.3) is 0 Å². The van der Waals surface area contributed by atoms with Crippen LogP contribution in [0.3, 0.4) is 0 Å². The Morgan fingerprint density at radius 1 is 1.33 bits per heavy atom. The van der Waals surface area contributed by atoms with Crippen LogP contribution in [-0.4, -0.2) is 25.0 Å². The summed E-state index contributed by atoms with van der Waals surface area (Å²) in [4.78, 5) is 13.6. The Balaban J connectivity index is 2.08. The zero-order valence-corrected chi connectivity index (χ0v) is 11.2. The van der Waals surface area contributed by atoms with Gasteiger partial charge in [0, 0.05) is 31.7 Å². The van der Waals surface area contributed by atoms with Crippen molar-refractivity contribution in [1.82, 2.24) is 5.32 Å². The van der Waals surface area contributed by atoms with Gasteiger partial charge in [-0.15, -0.1) is 0 Å². The van der Waals surface area contributed by atoms with Gasteiger partial charge >= 0.3 is 0 Å². The molecule has 1 heterocycles. The molecule has 2 atom stereocenters. The van der Waals surface area contributed by atoms with E-state index < -0.39 is 0 Å². The molecule has 0 radical (unpaired) electrons. The van der Waals surface area contributed by atoms with Gasteiger partial charge in [-0.05, 0) is 24.5 Å². The number of nitrogens with zero attached hydrogens (tertiary/aromatic N) is 1. The summed E-state index contributed by atoms with van der Waals surface area (Å²) >= 11 is 0. The second-order valence-corrected chi connectivity index (χ2v) is 5.15. The number of carbonyl (C=O) groups is 1. The van der Waals surface area contributed by atoms with E-state index in [0.29, 0.717) is 5.92 Å². The third kappa shape index (κ3) is 3.25. The van der Waals surface area contributed by atoms with E-state index in [4.69, 9.17) is 0 Å². The second kappa shape index (κ2) is 5.89. The molecule has 18 heavy (non-hydrogen) atoms. The van der Waals surface area contributed by atoms with Crippen molar-refractivity contribution in [3.63, 3.8) is 0 Å². The average Bonchev–Trinajstić information content (AvgIpc) is 2.38. The largest absolute Gasteiger partial charge is 0.369 e. The maximum atomic E-state index is 11.2. The molecule has 98 valence electrons. The maximum absolute atomic E-state index is 11.2. The van der Waals surface area contributed by atoms with Crippen LogP contribution in [0.4, 0.5) is 5.69 Å². The number of para-hydroxylation sites is 1. The molecule has 3 heteroatoms. The predicted molar refractivity (Wildman–Crippen MR) is 74.7 cm³/mol. The smallest absolute Gasteiger partial charge is 0.217 e. The highest BCUT2D eigenvalue weighted by molar-refractivity contribution is 5.73. The number of benzene rings is 1. The van der Waals surface area contributed by atoms with Gasteiger partial charge in [0.2, 0.25) is 5.91 Å². The molecule has 0 saturated carbocycles. The summed E-state index contributed by atoms with van der Waals surface area (Å²) in [7, 11) is 0. The van der Waals surface area contributed by atoms with Crippen molar-refractivity contribution < 1.29 is 4.79 Å². The Hall–Kier alpha value is -1.51. The molecule has 1 N–H and O–H groups in total. The Labute approximate surface area is 109 Å². The average molecular weight is 246 g/mol. The molecule has 1 fully saturated rings. The summed E-state index contributed by atoms with van der Waals surface area (Å²) in [6, 6.07) is 10.7. The van der Waals surface area contributed by atoms with Gasteiger partial charge in [-0.3, -0.25) is 4.79 Å². The molecule has 3 nitrogen and oxygen atoms in total. The number of hydrogen-bond donors (Lipinski definition) is 1. The van der Waals surface area contributed by atoms with Crippen LogP contribution >= 0.6 is 0 Å². The lowest BCUT2D eigenvalue weighted by atomic mass is 9.91. The lowest BCUT2D eigenvalue weighted by Gasteiger charge is -2.39. The minimum Gasteiger partial charge on any atom is -0.369 e. The molecule has 1 saturated heterocycles. The topological polar surface area (TPSA) is 32.3 Å². The quantitative estimate of drug-likeness (QED) is 0.888. The zero-order valence-electron chi connectivity index (χ0n) is 11.2. The van der Waals surface area contributed by atoms with Crippen LogP contribution in [0.2, 0.25) is 0 Å². The van der Waals surface area contributed by atoms with Crippen molar-refractivity contribution in [2.45, 2.75) is 32.7 Å². The SMILES string of the molecule is CCC1CC(NC(C)=O)CN(c2ccccc2)C1. The van der Waals surface area contributed by atoms with Gasteiger partial charge in [0.05, 0.1) is 0 Å². The van der Waals surface area contributed by atoms with E-state index in [1.54, 1.807) is 6.92 Å². The highest BCUT2D eigenvalue weighted by Gasteiger charge is 2.26. The minimum absolute atomic E-state index is 0.0739. The van der Waals surface area contributed by atoms with Crippen molar-refractivity contribution >= 4 is 11.6 Å². The van der Waals surface area contributed by atoms with Crippen molar-refractivity contribution in [3.8, 4) is 0 Å². The Morgan fingerprint density at radius 2 is 2.06 bits per heavy atom. The summed E-state index contributed by atoms with van der Waals surface area (Å²) in [6.07, 6.45) is 2.26. The number of nitrogens with one attached hydrogen (secondary N) is 1.